The number of imidazole rings is 1. The Bertz CT molecular complexity index is 983. The summed E-state index contributed by atoms with van der Waals surface area (Å²) in [5.41, 5.74) is 5.91. The summed E-state index contributed by atoms with van der Waals surface area (Å²) in [7, 11) is 0. The van der Waals surface area contributed by atoms with Crippen LogP contribution in [-0.4, -0.2) is 9.55 Å². The monoisotopic (exact) mass is 312 g/mol. The largest absolute Gasteiger partial charge is 0.317 e. The molecule has 4 aromatic rings. The van der Waals surface area contributed by atoms with E-state index in [-0.39, 0.29) is 6.04 Å². The zero-order valence-electron chi connectivity index (χ0n) is 14.0. The molecule has 0 fully saturated rings. The first-order valence-corrected chi connectivity index (χ1v) is 8.33. The lowest BCUT2D eigenvalue weighted by Crippen LogP contribution is -2.08. The lowest BCUT2D eigenvalue weighted by atomic mass is 10.1. The Hall–Kier alpha value is -2.87. The summed E-state index contributed by atoms with van der Waals surface area (Å²) in [6.45, 7) is 4.36. The smallest absolute Gasteiger partial charge is 0.141 e. The van der Waals surface area contributed by atoms with Gasteiger partial charge < -0.3 is 4.57 Å². The average Bonchev–Trinajstić information content (AvgIpc) is 3.01. The molecule has 1 aromatic heterocycles. The molecule has 2 heteroatoms. The van der Waals surface area contributed by atoms with Crippen LogP contribution in [0.1, 0.15) is 24.1 Å². The normalized spacial score (nSPS) is 12.4. The van der Waals surface area contributed by atoms with Crippen molar-refractivity contribution in [3.05, 3.63) is 90.0 Å². The van der Waals surface area contributed by atoms with Gasteiger partial charge in [-0.3, -0.25) is 0 Å². The number of hydrogen-bond acceptors (Lipinski definition) is 1. The molecule has 24 heavy (non-hydrogen) atoms. The van der Waals surface area contributed by atoms with E-state index in [1.165, 1.54) is 16.6 Å². The molecule has 0 saturated carbocycles. The Balaban J connectivity index is 1.97. The number of rotatable bonds is 3. The third-order valence-corrected chi connectivity index (χ3v) is 4.54. The fourth-order valence-electron chi connectivity index (χ4n) is 3.30. The topological polar surface area (TPSA) is 17.8 Å². The Morgan fingerprint density at radius 1 is 0.833 bits per heavy atom. The van der Waals surface area contributed by atoms with Crippen LogP contribution in [0, 0.1) is 6.92 Å². The Morgan fingerprint density at radius 3 is 2.38 bits per heavy atom. The molecule has 0 N–H and O–H groups in total. The number of aryl methyl sites for hydroxylation is 1. The molecule has 0 spiro atoms. The van der Waals surface area contributed by atoms with Gasteiger partial charge in [0.2, 0.25) is 0 Å². The lowest BCUT2D eigenvalue weighted by molar-refractivity contribution is 0.665. The minimum absolute atomic E-state index is 0.217. The fraction of sp³-hybridized carbons (Fsp3) is 0.136. The summed E-state index contributed by atoms with van der Waals surface area (Å²) in [5.74, 6) is 1.02. The molecule has 0 aliphatic rings. The Kier molecular flexibility index (Phi) is 3.66. The zero-order valence-corrected chi connectivity index (χ0v) is 14.0. The summed E-state index contributed by atoms with van der Waals surface area (Å²) in [6, 6.07) is 27.8. The number of hydrogen-bond donors (Lipinski definition) is 0. The van der Waals surface area contributed by atoms with Crippen LogP contribution in [0.5, 0.6) is 0 Å². The van der Waals surface area contributed by atoms with Crippen molar-refractivity contribution in [1.29, 1.82) is 0 Å². The first-order chi connectivity index (χ1) is 11.7. The molecule has 1 unspecified atom stereocenters. The van der Waals surface area contributed by atoms with Crippen LogP contribution in [0.4, 0.5) is 0 Å². The van der Waals surface area contributed by atoms with Crippen molar-refractivity contribution in [2.75, 3.05) is 0 Å². The van der Waals surface area contributed by atoms with Crippen LogP contribution in [0.3, 0.4) is 0 Å². The van der Waals surface area contributed by atoms with Gasteiger partial charge in [-0.1, -0.05) is 66.2 Å². The van der Waals surface area contributed by atoms with E-state index >= 15 is 0 Å². The molecule has 0 amide bonds. The lowest BCUT2D eigenvalue weighted by Gasteiger charge is -2.18. The molecule has 2 nitrogen and oxygen atoms in total. The van der Waals surface area contributed by atoms with E-state index < -0.39 is 0 Å². The van der Waals surface area contributed by atoms with Gasteiger partial charge in [-0.25, -0.2) is 4.98 Å². The highest BCUT2D eigenvalue weighted by Gasteiger charge is 2.18. The van der Waals surface area contributed by atoms with E-state index in [0.29, 0.717) is 0 Å². The number of fused-ring (bicyclic) bond motifs is 1. The summed E-state index contributed by atoms with van der Waals surface area (Å²) >= 11 is 0. The number of aromatic nitrogens is 2. The second-order valence-electron chi connectivity index (χ2n) is 6.25. The average molecular weight is 312 g/mol. The van der Waals surface area contributed by atoms with E-state index in [1.54, 1.807) is 0 Å². The van der Waals surface area contributed by atoms with Crippen LogP contribution in [0.2, 0.25) is 0 Å². The first-order valence-electron chi connectivity index (χ1n) is 8.33. The maximum Gasteiger partial charge on any atom is 0.141 e. The summed E-state index contributed by atoms with van der Waals surface area (Å²) in [6.07, 6.45) is 0. The molecular weight excluding hydrogens is 292 g/mol. The first kappa shape index (κ1) is 14.7. The molecule has 1 heterocycles. The molecule has 3 aromatic carbocycles. The highest BCUT2D eigenvalue weighted by atomic mass is 15.1. The molecule has 0 bridgehead atoms. The summed E-state index contributed by atoms with van der Waals surface area (Å²) in [4.78, 5) is 4.93. The predicted octanol–water partition coefficient (Wildman–Crippen LogP) is 5.62. The van der Waals surface area contributed by atoms with Gasteiger partial charge in [0.1, 0.15) is 5.82 Å². The minimum atomic E-state index is 0.217. The highest BCUT2D eigenvalue weighted by molar-refractivity contribution is 5.81. The molecule has 0 radical (unpaired) electrons. The SMILES string of the molecule is Cc1cccc(-c2nc3ccccc3n2C(C)c2ccccc2)c1. The quantitative estimate of drug-likeness (QED) is 0.480. The second kappa shape index (κ2) is 5.97. The van der Waals surface area contributed by atoms with Gasteiger partial charge in [-0.15, -0.1) is 0 Å². The van der Waals surface area contributed by atoms with E-state index in [1.807, 2.05) is 6.07 Å². The van der Waals surface area contributed by atoms with Crippen molar-refractivity contribution in [2.45, 2.75) is 19.9 Å². The maximum absolute atomic E-state index is 4.93. The fourth-order valence-corrected chi connectivity index (χ4v) is 3.30. The van der Waals surface area contributed by atoms with Crippen molar-refractivity contribution in [3.8, 4) is 11.4 Å². The van der Waals surface area contributed by atoms with Gasteiger partial charge in [0.05, 0.1) is 17.1 Å². The summed E-state index contributed by atoms with van der Waals surface area (Å²) < 4.78 is 2.35. The van der Waals surface area contributed by atoms with E-state index in [4.69, 9.17) is 4.98 Å². The highest BCUT2D eigenvalue weighted by Crippen LogP contribution is 2.31. The van der Waals surface area contributed by atoms with E-state index in [9.17, 15) is 0 Å². The third-order valence-electron chi connectivity index (χ3n) is 4.54. The van der Waals surface area contributed by atoms with E-state index in [0.717, 1.165) is 16.9 Å². The van der Waals surface area contributed by atoms with Gasteiger partial charge in [-0.05, 0) is 37.6 Å². The third kappa shape index (κ3) is 2.50. The zero-order chi connectivity index (χ0) is 16.5. The molecule has 0 aliphatic heterocycles. The van der Waals surface area contributed by atoms with Gasteiger partial charge in [0.25, 0.3) is 0 Å². The predicted molar refractivity (Wildman–Crippen MR) is 100 cm³/mol. The number of benzene rings is 3. The van der Waals surface area contributed by atoms with Gasteiger partial charge in [0, 0.05) is 5.56 Å². The van der Waals surface area contributed by atoms with Crippen molar-refractivity contribution >= 4 is 11.0 Å². The molecule has 0 aliphatic carbocycles. The van der Waals surface area contributed by atoms with Crippen molar-refractivity contribution < 1.29 is 0 Å². The van der Waals surface area contributed by atoms with Crippen LogP contribution in [-0.2, 0) is 0 Å². The standard InChI is InChI=1S/C22H20N2/c1-16-9-8-12-19(15-16)22-23-20-13-6-7-14-21(20)24(22)17(2)18-10-4-3-5-11-18/h3-15,17H,1-2H3. The molecule has 0 saturated heterocycles. The minimum Gasteiger partial charge on any atom is -0.317 e. The van der Waals surface area contributed by atoms with Crippen LogP contribution >= 0.6 is 0 Å². The Labute approximate surface area is 142 Å². The number of nitrogens with zero attached hydrogens (tertiary/aromatic N) is 2. The summed E-state index contributed by atoms with van der Waals surface area (Å²) in [5, 5.41) is 0. The molecule has 118 valence electrons. The molecule has 1 atom stereocenters. The Morgan fingerprint density at radius 2 is 1.58 bits per heavy atom. The van der Waals surface area contributed by atoms with Crippen molar-refractivity contribution in [3.63, 3.8) is 0 Å². The van der Waals surface area contributed by atoms with Crippen LogP contribution in [0.25, 0.3) is 22.4 Å². The maximum atomic E-state index is 4.93. The van der Waals surface area contributed by atoms with Gasteiger partial charge in [-0.2, -0.15) is 0 Å². The molecular formula is C22H20N2. The van der Waals surface area contributed by atoms with Gasteiger partial charge >= 0.3 is 0 Å². The number of para-hydroxylation sites is 2. The van der Waals surface area contributed by atoms with Crippen molar-refractivity contribution in [2.24, 2.45) is 0 Å². The van der Waals surface area contributed by atoms with E-state index in [2.05, 4.69) is 91.2 Å². The second-order valence-corrected chi connectivity index (χ2v) is 6.25. The van der Waals surface area contributed by atoms with Gasteiger partial charge in [0.15, 0.2) is 0 Å². The molecule has 4 rings (SSSR count). The van der Waals surface area contributed by atoms with Crippen molar-refractivity contribution in [1.82, 2.24) is 9.55 Å². The van der Waals surface area contributed by atoms with Crippen LogP contribution in [0.15, 0.2) is 78.9 Å². The van der Waals surface area contributed by atoms with Crippen LogP contribution < -0.4 is 0 Å².